The third-order valence-electron chi connectivity index (χ3n) is 10.5. The van der Waals surface area contributed by atoms with Gasteiger partial charge in [0.15, 0.2) is 10.2 Å². The lowest BCUT2D eigenvalue weighted by Crippen LogP contribution is -2.18. The zero-order chi connectivity index (χ0) is 38.8. The third-order valence-corrected chi connectivity index (χ3v) is 12.2. The quantitative estimate of drug-likeness (QED) is 0.110. The molecule has 1 aliphatic rings. The van der Waals surface area contributed by atoms with Gasteiger partial charge in [-0.2, -0.15) is 16.8 Å². The molecule has 1 aliphatic carbocycles. The van der Waals surface area contributed by atoms with Crippen LogP contribution >= 0.6 is 0 Å². The van der Waals surface area contributed by atoms with Crippen molar-refractivity contribution in [3.63, 3.8) is 0 Å². The molecular formula is C45H51O6S2+. The van der Waals surface area contributed by atoms with Crippen molar-refractivity contribution < 1.29 is 25.9 Å². The smallest absolute Gasteiger partial charge is 0.275 e. The van der Waals surface area contributed by atoms with Crippen LogP contribution in [0, 0.1) is 32.9 Å². The van der Waals surface area contributed by atoms with Gasteiger partial charge in [0.05, 0.1) is 11.6 Å². The second-order valence-electron chi connectivity index (χ2n) is 14.2. The first-order chi connectivity index (χ1) is 25.0. The average Bonchev–Trinajstić information content (AvgIpc) is 3.10. The number of hydrogen-bond acceptors (Lipinski definition) is 4. The molecule has 0 amide bonds. The van der Waals surface area contributed by atoms with E-state index >= 15 is 0 Å². The monoisotopic (exact) mass is 751 g/mol. The molecule has 0 aromatic heterocycles. The maximum absolute atomic E-state index is 12.9. The van der Waals surface area contributed by atoms with E-state index in [1.165, 1.54) is 50.6 Å². The van der Waals surface area contributed by atoms with Crippen molar-refractivity contribution in [3.05, 3.63) is 173 Å². The molecule has 53 heavy (non-hydrogen) atoms. The highest BCUT2D eigenvalue weighted by Crippen LogP contribution is 2.40. The fourth-order valence-corrected chi connectivity index (χ4v) is 9.01. The first-order valence-corrected chi connectivity index (χ1v) is 21.3. The van der Waals surface area contributed by atoms with Gasteiger partial charge < -0.3 is 0 Å². The zero-order valence-electron chi connectivity index (χ0n) is 32.1. The first-order valence-electron chi connectivity index (χ1n) is 18.4. The van der Waals surface area contributed by atoms with E-state index in [9.17, 15) is 25.9 Å². The van der Waals surface area contributed by atoms with Crippen LogP contribution in [-0.2, 0) is 58.8 Å². The molecule has 5 rings (SSSR count). The van der Waals surface area contributed by atoms with Crippen LogP contribution in [-0.4, -0.2) is 25.9 Å². The molecule has 4 aromatic carbocycles. The predicted octanol–water partition coefficient (Wildman–Crippen LogP) is 9.91. The summed E-state index contributed by atoms with van der Waals surface area (Å²) in [6.07, 6.45) is 8.52. The van der Waals surface area contributed by atoms with Gasteiger partial charge in [0.2, 0.25) is 0 Å². The Morgan fingerprint density at radius 3 is 1.28 bits per heavy atom. The summed E-state index contributed by atoms with van der Waals surface area (Å²) in [6.45, 7) is 17.0. The van der Waals surface area contributed by atoms with Gasteiger partial charge in [-0.3, -0.25) is 9.11 Å². The van der Waals surface area contributed by atoms with Crippen LogP contribution in [0.2, 0.25) is 0 Å². The van der Waals surface area contributed by atoms with Gasteiger partial charge in [-0.05, 0) is 146 Å². The molecule has 0 atom stereocenters. The second kappa shape index (κ2) is 16.0. The standard InChI is InChI=1S/C45H50O6S2/c1-9-32-19-28(5)20-33(10-2)42(32)25-36-13-15-38(23-30(36)7)45(41-18-17-40(52(46,47)48)27-44(41)53(49,50)51)39-16-14-37(31(8)24-39)26-43-34(11-3)21-29(6)22-35(43)12-4/h13-24,27H,9-12,25-26H2,1-8H3,(H-,46,47,48,49,50,51)/p+1. The summed E-state index contributed by atoms with van der Waals surface area (Å²) in [5.41, 5.74) is 16.8. The molecule has 0 spiro atoms. The van der Waals surface area contributed by atoms with Crippen LogP contribution in [0.4, 0.5) is 0 Å². The molecule has 2 N–H and O–H groups in total. The Morgan fingerprint density at radius 2 is 0.962 bits per heavy atom. The maximum atomic E-state index is 12.9. The lowest BCUT2D eigenvalue weighted by molar-refractivity contribution is 0.487. The summed E-state index contributed by atoms with van der Waals surface area (Å²) in [6, 6.07) is 21.1. The lowest BCUT2D eigenvalue weighted by atomic mass is 9.84. The molecule has 0 unspecified atom stereocenters. The number of allylic oxidation sites excluding steroid dienone is 2. The van der Waals surface area contributed by atoms with E-state index < -0.39 is 30.4 Å². The van der Waals surface area contributed by atoms with E-state index in [4.69, 9.17) is 0 Å². The fraction of sp³-hybridized carbons (Fsp3) is 0.311. The highest BCUT2D eigenvalue weighted by atomic mass is 32.2. The second-order valence-corrected chi connectivity index (χ2v) is 17.0. The summed E-state index contributed by atoms with van der Waals surface area (Å²) in [5, 5.41) is -0.606. The van der Waals surface area contributed by atoms with Gasteiger partial charge in [-0.15, -0.1) is 0 Å². The molecule has 0 radical (unpaired) electrons. The predicted molar refractivity (Wildman–Crippen MR) is 217 cm³/mol. The van der Waals surface area contributed by atoms with E-state index in [0.29, 0.717) is 16.7 Å². The van der Waals surface area contributed by atoms with E-state index in [1.807, 2.05) is 38.1 Å². The molecule has 0 fully saturated rings. The van der Waals surface area contributed by atoms with Crippen molar-refractivity contribution in [2.24, 2.45) is 0 Å². The minimum atomic E-state index is -4.93. The minimum absolute atomic E-state index is 0.124. The van der Waals surface area contributed by atoms with Crippen LogP contribution < -0.4 is 0 Å². The van der Waals surface area contributed by atoms with Crippen molar-refractivity contribution in [1.82, 2.24) is 0 Å². The topological polar surface area (TPSA) is 109 Å². The molecule has 0 saturated carbocycles. The molecule has 0 heterocycles. The zero-order valence-corrected chi connectivity index (χ0v) is 33.7. The molecule has 278 valence electrons. The van der Waals surface area contributed by atoms with E-state index in [0.717, 1.165) is 72.9 Å². The van der Waals surface area contributed by atoms with Crippen molar-refractivity contribution in [1.29, 1.82) is 0 Å². The molecule has 0 aliphatic heterocycles. The summed E-state index contributed by atoms with van der Waals surface area (Å²) in [4.78, 5) is -0.626. The van der Waals surface area contributed by atoms with Gasteiger partial charge in [0.1, 0.15) is 5.57 Å². The highest BCUT2D eigenvalue weighted by Gasteiger charge is 2.40. The summed E-state index contributed by atoms with van der Waals surface area (Å²) < 4.78 is 70.2. The normalized spacial score (nSPS) is 13.4. The van der Waals surface area contributed by atoms with Gasteiger partial charge in [0.25, 0.3) is 0 Å². The molecule has 6 nitrogen and oxygen atoms in total. The Bertz CT molecular complexity index is 2210. The first kappa shape index (κ1) is 40.0. The minimum Gasteiger partial charge on any atom is -0.275 e. The summed E-state index contributed by atoms with van der Waals surface area (Å²) in [7, 11) is -9.68. The Kier molecular flexibility index (Phi) is 12.1. The molecule has 8 heteroatoms. The van der Waals surface area contributed by atoms with Gasteiger partial charge in [-0.1, -0.05) is 75.2 Å². The van der Waals surface area contributed by atoms with Crippen molar-refractivity contribution in [2.75, 3.05) is 0 Å². The largest absolute Gasteiger partial charge is 0.331 e. The van der Waals surface area contributed by atoms with Crippen LogP contribution in [0.3, 0.4) is 0 Å². The average molecular weight is 752 g/mol. The number of rotatable bonds is 12. The highest BCUT2D eigenvalue weighted by molar-refractivity contribution is 7.90. The molecule has 0 bridgehead atoms. The molecular weight excluding hydrogens is 701 g/mol. The SMILES string of the molecule is CCc1cc(C)cc(CC)c1Cc1ccc(C(=C2C=CC(S(=O)(=O)O)=C[C+]2S(=O)(=O)O)c2ccc(Cc3c(CC)cc(C)cc3CC)c(C)c2)cc1C. The Balaban J connectivity index is 1.69. The van der Waals surface area contributed by atoms with Gasteiger partial charge >= 0.3 is 20.2 Å². The van der Waals surface area contributed by atoms with Crippen LogP contribution in [0.1, 0.15) is 106 Å². The maximum Gasteiger partial charge on any atom is 0.331 e. The lowest BCUT2D eigenvalue weighted by Gasteiger charge is -2.19. The van der Waals surface area contributed by atoms with Crippen LogP contribution in [0.5, 0.6) is 0 Å². The van der Waals surface area contributed by atoms with Gasteiger partial charge in [0, 0.05) is 23.3 Å². The van der Waals surface area contributed by atoms with E-state index in [-0.39, 0.29) is 5.57 Å². The number of benzene rings is 4. The van der Waals surface area contributed by atoms with Crippen LogP contribution in [0.25, 0.3) is 5.57 Å². The number of aryl methyl sites for hydroxylation is 8. The summed E-state index contributed by atoms with van der Waals surface area (Å²) >= 11 is 0. The van der Waals surface area contributed by atoms with Gasteiger partial charge in [-0.25, -0.2) is 0 Å². The van der Waals surface area contributed by atoms with E-state index in [1.54, 1.807) is 0 Å². The van der Waals surface area contributed by atoms with Crippen molar-refractivity contribution in [2.45, 2.75) is 93.9 Å². The Hall–Kier alpha value is -4.21. The molecule has 0 saturated heterocycles. The van der Waals surface area contributed by atoms with Crippen molar-refractivity contribution in [3.8, 4) is 0 Å². The third kappa shape index (κ3) is 8.79. The fourth-order valence-electron chi connectivity index (χ4n) is 7.70. The van der Waals surface area contributed by atoms with Crippen molar-refractivity contribution >= 4 is 25.8 Å². The Morgan fingerprint density at radius 1 is 0.566 bits per heavy atom. The van der Waals surface area contributed by atoms with E-state index in [2.05, 4.69) is 77.9 Å². The number of hydrogen-bond donors (Lipinski definition) is 2. The summed E-state index contributed by atoms with van der Waals surface area (Å²) in [5.74, 6) is 0. The Labute approximate surface area is 316 Å². The van der Waals surface area contributed by atoms with Crippen LogP contribution in [0.15, 0.2) is 89.4 Å². The molecule has 4 aromatic rings.